The third kappa shape index (κ3) is 8.72. The number of aliphatic hydroxyl groups is 1. The molecule has 2 amide bonds. The van der Waals surface area contributed by atoms with Gasteiger partial charge in [-0.25, -0.2) is 19.4 Å². The summed E-state index contributed by atoms with van der Waals surface area (Å²) in [5.74, 6) is -0.265. The maximum atomic E-state index is 12.2. The Balaban J connectivity index is 2.16. The third-order valence-corrected chi connectivity index (χ3v) is 4.88. The molecule has 0 radical (unpaired) electrons. The number of nitrogens with one attached hydrogen (secondary N) is 3. The van der Waals surface area contributed by atoms with E-state index in [9.17, 15) is 24.3 Å². The lowest BCUT2D eigenvalue weighted by atomic mass is 10.2. The highest BCUT2D eigenvalue weighted by atomic mass is 127. The van der Waals surface area contributed by atoms with Crippen molar-refractivity contribution in [1.82, 2.24) is 20.2 Å². The molecule has 0 spiro atoms. The zero-order valence-corrected chi connectivity index (χ0v) is 22.0. The minimum atomic E-state index is -1.01. The molecule has 0 unspecified atom stereocenters. The van der Waals surface area contributed by atoms with Crippen LogP contribution >= 0.6 is 22.6 Å². The van der Waals surface area contributed by atoms with E-state index < -0.39 is 53.1 Å². The van der Waals surface area contributed by atoms with Crippen LogP contribution in [0.2, 0.25) is 0 Å². The van der Waals surface area contributed by atoms with Gasteiger partial charge in [-0.3, -0.25) is 25.0 Å². The molecule has 1 aromatic rings. The zero-order chi connectivity index (χ0) is 25.8. The third-order valence-electron chi connectivity index (χ3n) is 4.11. The van der Waals surface area contributed by atoms with Crippen LogP contribution in [-0.4, -0.2) is 62.8 Å². The summed E-state index contributed by atoms with van der Waals surface area (Å²) >= 11 is 1.78. The van der Waals surface area contributed by atoms with E-state index in [1.165, 1.54) is 10.8 Å². The molecule has 1 fully saturated rings. The quantitative estimate of drug-likeness (QED) is 0.229. The summed E-state index contributed by atoms with van der Waals surface area (Å²) < 4.78 is 17.6. The van der Waals surface area contributed by atoms with Gasteiger partial charge in [0.15, 0.2) is 0 Å². The predicted molar refractivity (Wildman–Crippen MR) is 130 cm³/mol. The molecule has 3 atom stereocenters. The lowest BCUT2D eigenvalue weighted by Crippen LogP contribution is -2.47. The molecule has 14 heteroatoms. The molecule has 0 aromatic carbocycles. The van der Waals surface area contributed by atoms with Crippen LogP contribution in [0.25, 0.3) is 0 Å². The van der Waals surface area contributed by atoms with E-state index in [-0.39, 0.29) is 22.5 Å². The summed E-state index contributed by atoms with van der Waals surface area (Å²) in [4.78, 5) is 54.4. The first-order valence-electron chi connectivity index (χ1n) is 10.4. The average molecular weight is 595 g/mol. The first kappa shape index (κ1) is 27.8. The van der Waals surface area contributed by atoms with Gasteiger partial charge in [0.2, 0.25) is 5.96 Å². The Hall–Kier alpha value is -2.46. The van der Waals surface area contributed by atoms with E-state index in [1.54, 1.807) is 64.1 Å². The number of aliphatic hydroxyl groups excluding tert-OH is 1. The van der Waals surface area contributed by atoms with Gasteiger partial charge >= 0.3 is 17.9 Å². The highest BCUT2D eigenvalue weighted by Gasteiger charge is 2.35. The van der Waals surface area contributed by atoms with Gasteiger partial charge in [0.1, 0.15) is 23.5 Å². The highest BCUT2D eigenvalue weighted by molar-refractivity contribution is 14.1. The number of guanidine groups is 1. The number of hydrogen-bond donors (Lipinski definition) is 4. The number of amides is 2. The van der Waals surface area contributed by atoms with E-state index in [1.807, 2.05) is 0 Å². The van der Waals surface area contributed by atoms with Crippen molar-refractivity contribution in [1.29, 1.82) is 0 Å². The Morgan fingerprint density at radius 2 is 1.71 bits per heavy atom. The fourth-order valence-corrected chi connectivity index (χ4v) is 3.25. The SMILES string of the molecule is CC(C)(C)OC(=O)NC(=NC[C@H]1O[C@@H](n2cc(I)c(=O)[nH]c2=O)C[C@@H]1O)NC(=O)OC(C)(C)C. The van der Waals surface area contributed by atoms with Crippen LogP contribution in [0, 0.1) is 3.57 Å². The first-order valence-corrected chi connectivity index (χ1v) is 11.5. The molecule has 0 saturated carbocycles. The predicted octanol–water partition coefficient (Wildman–Crippen LogP) is 1.19. The normalized spacial score (nSPS) is 20.4. The van der Waals surface area contributed by atoms with Gasteiger partial charge in [0, 0.05) is 12.6 Å². The van der Waals surface area contributed by atoms with Crippen molar-refractivity contribution >= 4 is 40.7 Å². The van der Waals surface area contributed by atoms with Gasteiger partial charge < -0.3 is 19.3 Å². The maximum Gasteiger partial charge on any atom is 0.414 e. The second-order valence-electron chi connectivity index (χ2n) is 9.52. The first-order chi connectivity index (χ1) is 15.5. The van der Waals surface area contributed by atoms with Crippen LogP contribution < -0.4 is 21.9 Å². The molecule has 0 aliphatic carbocycles. The molecule has 1 saturated heterocycles. The molecule has 34 heavy (non-hydrogen) atoms. The molecule has 13 nitrogen and oxygen atoms in total. The summed E-state index contributed by atoms with van der Waals surface area (Å²) in [6.45, 7) is 9.87. The number of hydrogen-bond acceptors (Lipinski definition) is 9. The maximum absolute atomic E-state index is 12.2. The average Bonchev–Trinajstić information content (AvgIpc) is 3.00. The monoisotopic (exact) mass is 595 g/mol. The van der Waals surface area contributed by atoms with Crippen LogP contribution in [0.15, 0.2) is 20.8 Å². The number of halogens is 1. The summed E-state index contributed by atoms with van der Waals surface area (Å²) in [6, 6.07) is 0. The van der Waals surface area contributed by atoms with Crippen LogP contribution in [0.4, 0.5) is 9.59 Å². The number of H-pyrrole nitrogens is 1. The van der Waals surface area contributed by atoms with Crippen LogP contribution in [0.3, 0.4) is 0 Å². The van der Waals surface area contributed by atoms with Gasteiger partial charge in [-0.2, -0.15) is 0 Å². The van der Waals surface area contributed by atoms with Crippen molar-refractivity contribution in [2.45, 2.75) is 77.6 Å². The van der Waals surface area contributed by atoms with Gasteiger partial charge in [-0.1, -0.05) is 0 Å². The van der Waals surface area contributed by atoms with Crippen molar-refractivity contribution in [2.75, 3.05) is 6.54 Å². The number of rotatable bonds is 3. The number of alkyl carbamates (subject to hydrolysis) is 2. The number of carbonyl (C=O) groups is 2. The standard InChI is InChI=1S/C20H30IN5O8/c1-19(2,3)33-17(30)24-15(25-18(31)34-20(4,5)6)22-8-12-11(27)7-13(32-12)26-9-10(21)14(28)23-16(26)29/h9,11-13,27H,7-8H2,1-6H3,(H,23,28,29)(H2,22,24,25,30,31)/t11-,12+,13+/m0/s1. The van der Waals surface area contributed by atoms with Crippen molar-refractivity contribution in [2.24, 2.45) is 4.99 Å². The summed E-state index contributed by atoms with van der Waals surface area (Å²) in [5, 5.41) is 15.1. The van der Waals surface area contributed by atoms with Crippen LogP contribution in [0.1, 0.15) is 54.2 Å². The Labute approximate surface area is 209 Å². The van der Waals surface area contributed by atoms with Crippen molar-refractivity contribution in [3.05, 3.63) is 30.6 Å². The number of carbonyl (C=O) groups excluding carboxylic acids is 2. The summed E-state index contributed by atoms with van der Waals surface area (Å²) in [6.07, 6.45) is -3.02. The highest BCUT2D eigenvalue weighted by Crippen LogP contribution is 2.27. The number of aromatic amines is 1. The minimum Gasteiger partial charge on any atom is -0.444 e. The Morgan fingerprint density at radius 1 is 1.18 bits per heavy atom. The van der Waals surface area contributed by atoms with E-state index >= 15 is 0 Å². The van der Waals surface area contributed by atoms with Gasteiger partial charge in [-0.15, -0.1) is 0 Å². The van der Waals surface area contributed by atoms with Crippen LogP contribution in [-0.2, 0) is 14.2 Å². The van der Waals surface area contributed by atoms with Crippen LogP contribution in [0.5, 0.6) is 0 Å². The Kier molecular flexibility index (Phi) is 8.87. The molecule has 190 valence electrons. The molecule has 4 N–H and O–H groups in total. The molecule has 1 aliphatic rings. The van der Waals surface area contributed by atoms with E-state index in [0.29, 0.717) is 0 Å². The molecule has 2 rings (SSSR count). The van der Waals surface area contributed by atoms with E-state index in [2.05, 4.69) is 20.6 Å². The van der Waals surface area contributed by atoms with E-state index in [4.69, 9.17) is 14.2 Å². The Morgan fingerprint density at radius 3 is 2.21 bits per heavy atom. The lowest BCUT2D eigenvalue weighted by Gasteiger charge is -2.22. The number of ether oxygens (including phenoxy) is 3. The van der Waals surface area contributed by atoms with Crippen molar-refractivity contribution < 1.29 is 28.9 Å². The fraction of sp³-hybridized carbons (Fsp3) is 0.650. The van der Waals surface area contributed by atoms with Crippen molar-refractivity contribution in [3.8, 4) is 0 Å². The number of aliphatic imine (C=N–C) groups is 1. The molecular formula is C20H30IN5O8. The topological polar surface area (TPSA) is 173 Å². The fourth-order valence-electron chi connectivity index (χ4n) is 2.82. The second kappa shape index (κ2) is 10.9. The molecule has 1 aromatic heterocycles. The number of nitrogens with zero attached hydrogens (tertiary/aromatic N) is 2. The summed E-state index contributed by atoms with van der Waals surface area (Å²) in [7, 11) is 0. The van der Waals surface area contributed by atoms with Crippen molar-refractivity contribution in [3.63, 3.8) is 0 Å². The van der Waals surface area contributed by atoms with E-state index in [0.717, 1.165) is 0 Å². The lowest BCUT2D eigenvalue weighted by molar-refractivity contribution is -0.0150. The van der Waals surface area contributed by atoms with Gasteiger partial charge in [0.05, 0.1) is 16.2 Å². The smallest absolute Gasteiger partial charge is 0.414 e. The molecule has 1 aliphatic heterocycles. The summed E-state index contributed by atoms with van der Waals surface area (Å²) in [5.41, 5.74) is -2.78. The number of aromatic nitrogens is 2. The van der Waals surface area contributed by atoms with Gasteiger partial charge in [0.25, 0.3) is 5.56 Å². The molecular weight excluding hydrogens is 565 g/mol. The minimum absolute atomic E-state index is 0.0660. The Bertz CT molecular complexity index is 1020. The largest absolute Gasteiger partial charge is 0.444 e. The van der Waals surface area contributed by atoms with Gasteiger partial charge in [-0.05, 0) is 64.1 Å². The molecule has 2 heterocycles. The zero-order valence-electron chi connectivity index (χ0n) is 19.8. The molecule has 0 bridgehead atoms. The second-order valence-corrected chi connectivity index (χ2v) is 10.7.